The van der Waals surface area contributed by atoms with E-state index in [2.05, 4.69) is 0 Å². The number of carbonyl (C=O) groups excluding carboxylic acids is 2. The third-order valence-electron chi connectivity index (χ3n) is 8.22. The predicted molar refractivity (Wildman–Crippen MR) is 153 cm³/mol. The summed E-state index contributed by atoms with van der Waals surface area (Å²) < 4.78 is 68.6. The van der Waals surface area contributed by atoms with Gasteiger partial charge < -0.3 is 9.47 Å². The number of ether oxygens (including phenoxy) is 2. The molecule has 1 heterocycles. The van der Waals surface area contributed by atoms with Crippen molar-refractivity contribution in [1.29, 1.82) is 0 Å². The standard InChI is InChI=1S/C30H37NO8S2/c1-18(2)25-17-26(40(34,35)21-11-7-19(3)8-12-21)23-15-16-24(29(32)38-5)27(30(33)39-6)28(23)31(25)41(36,37)22-13-9-20(4)10-14-22/h7-15,18,24-28H,16-17H2,1-6H3/t24-,25-,26+,27-,28+/m1/s1. The van der Waals surface area contributed by atoms with Crippen LogP contribution in [0.25, 0.3) is 0 Å². The molecule has 2 aliphatic rings. The van der Waals surface area contributed by atoms with Crippen molar-refractivity contribution in [2.24, 2.45) is 17.8 Å². The first-order valence-corrected chi connectivity index (χ1v) is 16.5. The second kappa shape index (κ2) is 11.7. The smallest absolute Gasteiger partial charge is 0.311 e. The van der Waals surface area contributed by atoms with E-state index in [1.54, 1.807) is 30.3 Å². The Morgan fingerprint density at radius 3 is 1.83 bits per heavy atom. The fraction of sp³-hybridized carbons (Fsp3) is 0.467. The average Bonchev–Trinajstić information content (AvgIpc) is 2.94. The highest BCUT2D eigenvalue weighted by Crippen LogP contribution is 2.48. The number of rotatable bonds is 7. The van der Waals surface area contributed by atoms with Crippen molar-refractivity contribution in [1.82, 2.24) is 4.31 Å². The molecule has 1 aliphatic heterocycles. The molecule has 1 aliphatic carbocycles. The van der Waals surface area contributed by atoms with Gasteiger partial charge in [0.1, 0.15) is 0 Å². The molecule has 0 aromatic heterocycles. The second-order valence-corrected chi connectivity index (χ2v) is 15.1. The van der Waals surface area contributed by atoms with Gasteiger partial charge in [-0.15, -0.1) is 0 Å². The lowest BCUT2D eigenvalue weighted by Gasteiger charge is -2.51. The van der Waals surface area contributed by atoms with Crippen LogP contribution in [-0.4, -0.2) is 64.6 Å². The van der Waals surface area contributed by atoms with Crippen LogP contribution in [0.1, 0.15) is 37.8 Å². The molecule has 11 heteroatoms. The van der Waals surface area contributed by atoms with Crippen LogP contribution in [-0.2, 0) is 38.9 Å². The zero-order valence-electron chi connectivity index (χ0n) is 24.1. The Morgan fingerprint density at radius 1 is 0.829 bits per heavy atom. The van der Waals surface area contributed by atoms with Crippen LogP contribution in [0.5, 0.6) is 0 Å². The Bertz CT molecular complexity index is 1540. The molecule has 0 radical (unpaired) electrons. The monoisotopic (exact) mass is 603 g/mol. The number of sulfonamides is 1. The molecule has 2 aromatic rings. The number of methoxy groups -OCH3 is 2. The Hall–Kier alpha value is -3.02. The van der Waals surface area contributed by atoms with Crippen LogP contribution < -0.4 is 0 Å². The van der Waals surface area contributed by atoms with Crippen LogP contribution >= 0.6 is 0 Å². The third kappa shape index (κ3) is 5.59. The number of fused-ring (bicyclic) bond motifs is 1. The largest absolute Gasteiger partial charge is 0.469 e. The summed E-state index contributed by atoms with van der Waals surface area (Å²) in [6, 6.07) is 10.8. The summed E-state index contributed by atoms with van der Waals surface area (Å²) in [7, 11) is -5.93. The molecule has 1 saturated heterocycles. The number of esters is 2. The van der Waals surface area contributed by atoms with Crippen LogP contribution in [0.3, 0.4) is 0 Å². The molecule has 0 unspecified atom stereocenters. The molecule has 9 nitrogen and oxygen atoms in total. The number of carbonyl (C=O) groups is 2. The SMILES string of the molecule is COC(=O)[C@@H]1[C@H](C(=O)OC)CC=C2[C@@H]1N(S(=O)(=O)c1ccc(C)cc1)[C@@H](C(C)C)C[C@@H]2S(=O)(=O)c1ccc(C)cc1. The maximum atomic E-state index is 14.4. The maximum absolute atomic E-state index is 14.4. The fourth-order valence-electron chi connectivity index (χ4n) is 6.00. The molecule has 0 bridgehead atoms. The molecule has 2 aromatic carbocycles. The summed E-state index contributed by atoms with van der Waals surface area (Å²) >= 11 is 0. The Morgan fingerprint density at radius 2 is 1.34 bits per heavy atom. The predicted octanol–water partition coefficient (Wildman–Crippen LogP) is 3.84. The van der Waals surface area contributed by atoms with Crippen LogP contribution in [0.2, 0.25) is 0 Å². The summed E-state index contributed by atoms with van der Waals surface area (Å²) in [5.41, 5.74) is 2.03. The molecular weight excluding hydrogens is 566 g/mol. The van der Waals surface area contributed by atoms with E-state index in [9.17, 15) is 26.4 Å². The fourth-order valence-corrected chi connectivity index (χ4v) is 9.85. The van der Waals surface area contributed by atoms with Crippen molar-refractivity contribution < 1.29 is 35.9 Å². The molecule has 0 N–H and O–H groups in total. The number of aryl methyl sites for hydroxylation is 2. The van der Waals surface area contributed by atoms with Gasteiger partial charge >= 0.3 is 11.9 Å². The van der Waals surface area contributed by atoms with Gasteiger partial charge in [0.15, 0.2) is 9.84 Å². The number of sulfone groups is 1. The van der Waals surface area contributed by atoms with E-state index < -0.39 is 61.0 Å². The van der Waals surface area contributed by atoms with Crippen LogP contribution in [0.4, 0.5) is 0 Å². The van der Waals surface area contributed by atoms with Crippen molar-refractivity contribution in [3.05, 3.63) is 71.3 Å². The van der Waals surface area contributed by atoms with Crippen molar-refractivity contribution in [2.75, 3.05) is 14.2 Å². The Kier molecular flexibility index (Phi) is 8.82. The molecule has 4 rings (SSSR count). The van der Waals surface area contributed by atoms with E-state index >= 15 is 0 Å². The van der Waals surface area contributed by atoms with Gasteiger partial charge in [0.25, 0.3) is 0 Å². The van der Waals surface area contributed by atoms with Gasteiger partial charge in [-0.1, -0.05) is 55.3 Å². The van der Waals surface area contributed by atoms with E-state index in [0.717, 1.165) is 18.2 Å². The van der Waals surface area contributed by atoms with Gasteiger partial charge in [-0.3, -0.25) is 9.59 Å². The summed E-state index contributed by atoms with van der Waals surface area (Å²) in [5, 5.41) is -1.11. The first kappa shape index (κ1) is 30.9. The Balaban J connectivity index is 2.00. The van der Waals surface area contributed by atoms with Gasteiger partial charge in [0.05, 0.1) is 47.1 Å². The molecule has 1 fully saturated rings. The normalized spacial score (nSPS) is 25.2. The highest BCUT2D eigenvalue weighted by molar-refractivity contribution is 7.92. The molecule has 222 valence electrons. The third-order valence-corrected chi connectivity index (χ3v) is 12.3. The number of hydrogen-bond acceptors (Lipinski definition) is 8. The molecule has 0 amide bonds. The minimum absolute atomic E-state index is 0.00293. The second-order valence-electron chi connectivity index (χ2n) is 11.1. The van der Waals surface area contributed by atoms with Crippen molar-refractivity contribution in [2.45, 2.75) is 67.7 Å². The maximum Gasteiger partial charge on any atom is 0.311 e. The quantitative estimate of drug-likeness (QED) is 0.346. The summed E-state index contributed by atoms with van der Waals surface area (Å²) in [5.74, 6) is -4.22. The molecule has 41 heavy (non-hydrogen) atoms. The van der Waals surface area contributed by atoms with Crippen LogP contribution in [0, 0.1) is 31.6 Å². The summed E-state index contributed by atoms with van der Waals surface area (Å²) in [6.07, 6.45) is 1.59. The zero-order valence-corrected chi connectivity index (χ0v) is 25.7. The van der Waals surface area contributed by atoms with Gasteiger partial charge in [-0.2, -0.15) is 4.31 Å². The van der Waals surface area contributed by atoms with Crippen LogP contribution in [0.15, 0.2) is 70.0 Å². The van der Waals surface area contributed by atoms with E-state index in [0.29, 0.717) is 0 Å². The molecule has 0 saturated carbocycles. The molecular formula is C30H37NO8S2. The van der Waals surface area contributed by atoms with E-state index in [4.69, 9.17) is 9.47 Å². The zero-order chi connectivity index (χ0) is 30.3. The first-order chi connectivity index (χ1) is 19.2. The molecule has 5 atom stereocenters. The van der Waals surface area contributed by atoms with Crippen molar-refractivity contribution in [3.63, 3.8) is 0 Å². The van der Waals surface area contributed by atoms with Gasteiger partial charge in [-0.25, -0.2) is 16.8 Å². The van der Waals surface area contributed by atoms with Gasteiger partial charge in [-0.05, 0) is 62.4 Å². The van der Waals surface area contributed by atoms with Crippen molar-refractivity contribution in [3.8, 4) is 0 Å². The van der Waals surface area contributed by atoms with E-state index in [-0.39, 0.29) is 34.1 Å². The van der Waals surface area contributed by atoms with Crippen molar-refractivity contribution >= 4 is 31.8 Å². The lowest BCUT2D eigenvalue weighted by molar-refractivity contribution is -0.160. The number of hydrogen-bond donors (Lipinski definition) is 0. The highest BCUT2D eigenvalue weighted by atomic mass is 32.2. The topological polar surface area (TPSA) is 124 Å². The summed E-state index contributed by atoms with van der Waals surface area (Å²) in [6.45, 7) is 7.33. The minimum Gasteiger partial charge on any atom is -0.469 e. The summed E-state index contributed by atoms with van der Waals surface area (Å²) in [4.78, 5) is 26.5. The number of allylic oxidation sites excluding steroid dienone is 1. The first-order valence-electron chi connectivity index (χ1n) is 13.5. The number of piperidine rings is 1. The lowest BCUT2D eigenvalue weighted by Crippen LogP contribution is -2.63. The molecule has 0 spiro atoms. The minimum atomic E-state index is -4.28. The lowest BCUT2D eigenvalue weighted by atomic mass is 9.71. The highest BCUT2D eigenvalue weighted by Gasteiger charge is 2.58. The van der Waals surface area contributed by atoms with E-state index in [1.807, 2.05) is 27.7 Å². The van der Waals surface area contributed by atoms with Gasteiger partial charge in [0, 0.05) is 6.04 Å². The average molecular weight is 604 g/mol. The van der Waals surface area contributed by atoms with Gasteiger partial charge in [0.2, 0.25) is 10.0 Å². The Labute approximate surface area is 242 Å². The number of benzene rings is 2. The number of nitrogens with zero attached hydrogens (tertiary/aromatic N) is 1. The van der Waals surface area contributed by atoms with E-state index in [1.165, 1.54) is 35.7 Å².